The van der Waals surface area contributed by atoms with Crippen molar-refractivity contribution in [1.29, 1.82) is 0 Å². The van der Waals surface area contributed by atoms with E-state index in [1.54, 1.807) is 37.3 Å². The number of carbonyl (C=O) groups excluding carboxylic acids is 2. The molecule has 37 heavy (non-hydrogen) atoms. The smallest absolute Gasteiger partial charge is 0.337 e. The monoisotopic (exact) mass is 498 g/mol. The molecule has 4 unspecified atom stereocenters. The van der Waals surface area contributed by atoms with Crippen LogP contribution in [0.2, 0.25) is 0 Å². The van der Waals surface area contributed by atoms with Gasteiger partial charge >= 0.3 is 5.97 Å². The molecule has 0 amide bonds. The lowest BCUT2D eigenvalue weighted by atomic mass is 9.70. The first kappa shape index (κ1) is 23.6. The molecule has 6 rings (SSSR count). The van der Waals surface area contributed by atoms with Crippen molar-refractivity contribution in [3.05, 3.63) is 92.2 Å². The summed E-state index contributed by atoms with van der Waals surface area (Å²) in [7, 11) is 0. The minimum atomic E-state index is -0.912. The van der Waals surface area contributed by atoms with Gasteiger partial charge in [0.25, 0.3) is 5.69 Å². The Hall–Kier alpha value is -3.74. The normalized spacial score (nSPS) is 29.2. The molecule has 0 aromatic heterocycles. The van der Waals surface area contributed by atoms with Crippen LogP contribution in [0.25, 0.3) is 5.70 Å². The SMILES string of the molecule is CC1=C(C(=O)OC2CC3CCC2(C)C3(C)C)C(c2ccccc2[N+](=O)[O-])C2=C(N1)c1ccccc1C2=O. The van der Waals surface area contributed by atoms with Gasteiger partial charge in [-0.2, -0.15) is 0 Å². The van der Waals surface area contributed by atoms with E-state index in [0.29, 0.717) is 34.0 Å². The Kier molecular flexibility index (Phi) is 5.03. The first-order valence-electron chi connectivity index (χ1n) is 12.9. The summed E-state index contributed by atoms with van der Waals surface area (Å²) in [6, 6.07) is 13.6. The number of esters is 1. The highest BCUT2D eigenvalue weighted by atomic mass is 16.6. The molecule has 2 aromatic rings. The largest absolute Gasteiger partial charge is 0.458 e. The van der Waals surface area contributed by atoms with Crippen molar-refractivity contribution in [3.8, 4) is 0 Å². The third-order valence-corrected chi connectivity index (χ3v) is 9.88. The fourth-order valence-electron chi connectivity index (χ4n) is 7.31. The zero-order valence-corrected chi connectivity index (χ0v) is 21.5. The maximum Gasteiger partial charge on any atom is 0.337 e. The number of carbonyl (C=O) groups is 2. The minimum Gasteiger partial charge on any atom is -0.458 e. The minimum absolute atomic E-state index is 0.0581. The number of nitro groups is 1. The van der Waals surface area contributed by atoms with E-state index in [0.717, 1.165) is 24.8 Å². The molecule has 4 aliphatic rings. The van der Waals surface area contributed by atoms with E-state index in [-0.39, 0.29) is 34.0 Å². The maximum atomic E-state index is 14.0. The Labute approximate surface area is 215 Å². The Morgan fingerprint density at radius 1 is 1.08 bits per heavy atom. The summed E-state index contributed by atoms with van der Waals surface area (Å²) in [5.74, 6) is -1.17. The van der Waals surface area contributed by atoms with Gasteiger partial charge in [0.15, 0.2) is 5.78 Å². The van der Waals surface area contributed by atoms with Crippen LogP contribution in [0.15, 0.2) is 65.4 Å². The van der Waals surface area contributed by atoms with Crippen molar-refractivity contribution < 1.29 is 19.2 Å². The molecule has 0 radical (unpaired) electrons. The molecule has 4 atom stereocenters. The topological polar surface area (TPSA) is 98.5 Å². The predicted octanol–water partition coefficient (Wildman–Crippen LogP) is 5.92. The van der Waals surface area contributed by atoms with Gasteiger partial charge in [-0.05, 0) is 37.5 Å². The van der Waals surface area contributed by atoms with Gasteiger partial charge in [0, 0.05) is 39.4 Å². The number of fused-ring (bicyclic) bond motifs is 4. The molecular weight excluding hydrogens is 468 g/mol. The van der Waals surface area contributed by atoms with Gasteiger partial charge < -0.3 is 10.1 Å². The predicted molar refractivity (Wildman–Crippen MR) is 138 cm³/mol. The molecule has 2 saturated carbocycles. The van der Waals surface area contributed by atoms with Gasteiger partial charge in [-0.1, -0.05) is 63.2 Å². The van der Waals surface area contributed by atoms with Crippen LogP contribution < -0.4 is 5.32 Å². The lowest BCUT2D eigenvalue weighted by molar-refractivity contribution is -0.385. The van der Waals surface area contributed by atoms with Crippen LogP contribution in [-0.2, 0) is 9.53 Å². The fourth-order valence-corrected chi connectivity index (χ4v) is 7.31. The first-order chi connectivity index (χ1) is 17.6. The molecule has 0 spiro atoms. The van der Waals surface area contributed by atoms with Gasteiger partial charge in [0.2, 0.25) is 0 Å². The molecule has 1 aliphatic heterocycles. The van der Waals surface area contributed by atoms with Gasteiger partial charge in [-0.15, -0.1) is 0 Å². The Morgan fingerprint density at radius 2 is 1.76 bits per heavy atom. The molecule has 7 nitrogen and oxygen atoms in total. The Morgan fingerprint density at radius 3 is 2.41 bits per heavy atom. The van der Waals surface area contributed by atoms with Crippen molar-refractivity contribution in [2.75, 3.05) is 0 Å². The average Bonchev–Trinajstić information content (AvgIpc) is 3.35. The summed E-state index contributed by atoms with van der Waals surface area (Å²) in [6.45, 7) is 8.50. The summed E-state index contributed by atoms with van der Waals surface area (Å²) < 4.78 is 6.27. The molecule has 1 heterocycles. The third-order valence-electron chi connectivity index (χ3n) is 9.88. The second-order valence-corrected chi connectivity index (χ2v) is 11.6. The summed E-state index contributed by atoms with van der Waals surface area (Å²) in [6.07, 6.45) is 2.69. The number of nitro benzene ring substituents is 1. The van der Waals surface area contributed by atoms with Crippen LogP contribution >= 0.6 is 0 Å². The van der Waals surface area contributed by atoms with Crippen molar-refractivity contribution >= 4 is 23.1 Å². The summed E-state index contributed by atoms with van der Waals surface area (Å²) in [4.78, 5) is 39.3. The molecule has 0 saturated heterocycles. The van der Waals surface area contributed by atoms with E-state index < -0.39 is 16.8 Å². The number of hydrogen-bond acceptors (Lipinski definition) is 6. The second kappa shape index (κ2) is 7.88. The molecule has 3 aliphatic carbocycles. The number of para-hydroxylation sites is 1. The van der Waals surface area contributed by atoms with Crippen LogP contribution in [0.1, 0.15) is 74.4 Å². The summed E-state index contributed by atoms with van der Waals surface area (Å²) in [5, 5.41) is 15.3. The number of nitrogens with zero attached hydrogens (tertiary/aromatic N) is 1. The van der Waals surface area contributed by atoms with Crippen LogP contribution in [0.4, 0.5) is 5.69 Å². The molecular formula is C30H30N2O5. The number of Topliss-reactive ketones (excluding diaryl/α,β-unsaturated/α-hetero) is 1. The number of ether oxygens (including phenoxy) is 1. The molecule has 2 aromatic carbocycles. The number of benzene rings is 2. The third kappa shape index (κ3) is 3.12. The van der Waals surface area contributed by atoms with E-state index in [2.05, 4.69) is 26.1 Å². The van der Waals surface area contributed by atoms with Gasteiger partial charge in [0.05, 0.1) is 22.1 Å². The van der Waals surface area contributed by atoms with E-state index in [1.165, 1.54) is 6.07 Å². The highest BCUT2D eigenvalue weighted by molar-refractivity contribution is 6.23. The highest BCUT2D eigenvalue weighted by Crippen LogP contribution is 2.66. The van der Waals surface area contributed by atoms with Gasteiger partial charge in [-0.25, -0.2) is 4.79 Å². The van der Waals surface area contributed by atoms with Crippen molar-refractivity contribution in [2.24, 2.45) is 16.7 Å². The van der Waals surface area contributed by atoms with Crippen LogP contribution in [0.3, 0.4) is 0 Å². The summed E-state index contributed by atoms with van der Waals surface area (Å²) >= 11 is 0. The van der Waals surface area contributed by atoms with Crippen LogP contribution in [-0.4, -0.2) is 22.8 Å². The number of dihydropyridines is 1. The zero-order chi connectivity index (χ0) is 26.3. The number of allylic oxidation sites excluding steroid dienone is 2. The molecule has 190 valence electrons. The highest BCUT2D eigenvalue weighted by Gasteiger charge is 2.63. The van der Waals surface area contributed by atoms with E-state index in [1.807, 2.05) is 12.1 Å². The van der Waals surface area contributed by atoms with Crippen LogP contribution in [0.5, 0.6) is 0 Å². The quantitative estimate of drug-likeness (QED) is 0.319. The van der Waals surface area contributed by atoms with Gasteiger partial charge in [0.1, 0.15) is 6.10 Å². The van der Waals surface area contributed by atoms with Gasteiger partial charge in [-0.3, -0.25) is 14.9 Å². The van der Waals surface area contributed by atoms with Crippen molar-refractivity contribution in [2.45, 2.75) is 59.0 Å². The number of rotatable bonds is 4. The maximum absolute atomic E-state index is 14.0. The Balaban J connectivity index is 1.47. The lowest BCUT2D eigenvalue weighted by Crippen LogP contribution is -2.39. The van der Waals surface area contributed by atoms with Crippen molar-refractivity contribution in [3.63, 3.8) is 0 Å². The second-order valence-electron chi connectivity index (χ2n) is 11.6. The number of ketones is 1. The van der Waals surface area contributed by atoms with E-state index in [4.69, 9.17) is 4.74 Å². The fraction of sp³-hybridized carbons (Fsp3) is 0.400. The van der Waals surface area contributed by atoms with E-state index >= 15 is 0 Å². The number of hydrogen-bond donors (Lipinski definition) is 1. The summed E-state index contributed by atoms with van der Waals surface area (Å²) in [5.41, 5.74) is 3.13. The Bertz CT molecular complexity index is 1450. The lowest BCUT2D eigenvalue weighted by Gasteiger charge is -2.39. The van der Waals surface area contributed by atoms with E-state index in [9.17, 15) is 19.7 Å². The average molecular weight is 499 g/mol. The molecule has 2 fully saturated rings. The molecule has 7 heteroatoms. The molecule has 1 N–H and O–H groups in total. The zero-order valence-electron chi connectivity index (χ0n) is 21.5. The number of nitrogens with one attached hydrogen (secondary N) is 1. The standard InChI is InChI=1S/C30H30N2O5/c1-16-23(28(34)37-22-15-17-13-14-30(22,4)29(17,2)3)24(20-11-7-8-12-21(20)32(35)36)25-26(31-16)18-9-5-6-10-19(18)27(25)33/h5-12,17,22,24,31H,13-15H2,1-4H3. The van der Waals surface area contributed by atoms with Crippen LogP contribution in [0, 0.1) is 26.9 Å². The molecule has 2 bridgehead atoms. The van der Waals surface area contributed by atoms with Crippen molar-refractivity contribution in [1.82, 2.24) is 5.32 Å². The first-order valence-corrected chi connectivity index (χ1v) is 12.9.